The molecule has 0 aromatic carbocycles. The minimum absolute atomic E-state index is 0.142. The Morgan fingerprint density at radius 3 is 3.00 bits per heavy atom. The fourth-order valence-electron chi connectivity index (χ4n) is 3.15. The van der Waals surface area contributed by atoms with Gasteiger partial charge >= 0.3 is 6.03 Å². The summed E-state index contributed by atoms with van der Waals surface area (Å²) < 4.78 is 3.88. The quantitative estimate of drug-likeness (QED) is 0.828. The second-order valence-electron chi connectivity index (χ2n) is 7.02. The lowest BCUT2D eigenvalue weighted by molar-refractivity contribution is 0.237. The number of anilines is 1. The lowest BCUT2D eigenvalue weighted by atomic mass is 10.2. The van der Waals surface area contributed by atoms with E-state index in [9.17, 15) is 4.79 Å². The molecule has 0 bridgehead atoms. The van der Waals surface area contributed by atoms with Crippen molar-refractivity contribution in [3.63, 3.8) is 0 Å². The number of rotatable bonds is 6. The highest BCUT2D eigenvalue weighted by molar-refractivity contribution is 5.74. The Morgan fingerprint density at radius 2 is 2.28 bits per heavy atom. The maximum absolute atomic E-state index is 12.2. The van der Waals surface area contributed by atoms with Gasteiger partial charge in [0.05, 0.1) is 18.4 Å². The molecule has 1 saturated heterocycles. The highest BCUT2D eigenvalue weighted by Gasteiger charge is 2.24. The number of urea groups is 1. The number of amides is 2. The van der Waals surface area contributed by atoms with Gasteiger partial charge in [0.2, 0.25) is 0 Å². The second kappa shape index (κ2) is 7.58. The van der Waals surface area contributed by atoms with Crippen LogP contribution in [-0.2, 0) is 20.1 Å². The second-order valence-corrected chi connectivity index (χ2v) is 7.02. The van der Waals surface area contributed by atoms with E-state index in [1.807, 2.05) is 25.6 Å². The molecule has 0 radical (unpaired) electrons. The molecule has 25 heavy (non-hydrogen) atoms. The lowest BCUT2D eigenvalue weighted by Crippen LogP contribution is -2.43. The molecule has 136 valence electrons. The van der Waals surface area contributed by atoms with Crippen LogP contribution in [0.2, 0.25) is 0 Å². The number of carbonyl (C=O) groups excluding carboxylic acids is 1. The first-order chi connectivity index (χ1) is 12.0. The molecule has 2 aromatic heterocycles. The van der Waals surface area contributed by atoms with Crippen LogP contribution >= 0.6 is 0 Å². The summed E-state index contributed by atoms with van der Waals surface area (Å²) in [7, 11) is 1.91. The van der Waals surface area contributed by atoms with E-state index < -0.39 is 0 Å². The summed E-state index contributed by atoms with van der Waals surface area (Å²) in [5.74, 6) is 1.42. The highest BCUT2D eigenvalue weighted by atomic mass is 16.2. The smallest absolute Gasteiger partial charge is 0.315 e. The predicted octanol–water partition coefficient (Wildman–Crippen LogP) is 1.35. The molecule has 1 atom stereocenters. The fourth-order valence-corrected chi connectivity index (χ4v) is 3.15. The summed E-state index contributed by atoms with van der Waals surface area (Å²) in [4.78, 5) is 18.8. The van der Waals surface area contributed by atoms with Gasteiger partial charge in [-0.05, 0) is 12.3 Å². The monoisotopic (exact) mass is 345 g/mol. The number of nitrogens with one attached hydrogen (secondary N) is 2. The van der Waals surface area contributed by atoms with Crippen molar-refractivity contribution in [3.05, 3.63) is 30.6 Å². The zero-order valence-electron chi connectivity index (χ0n) is 15.1. The summed E-state index contributed by atoms with van der Waals surface area (Å²) in [5.41, 5.74) is 1.10. The number of nitrogens with zero attached hydrogens (tertiary/aromatic N) is 5. The molecule has 3 heterocycles. The minimum Gasteiger partial charge on any atom is -0.367 e. The number of hydrogen-bond acceptors (Lipinski definition) is 4. The Morgan fingerprint density at radius 1 is 1.44 bits per heavy atom. The Balaban J connectivity index is 1.45. The van der Waals surface area contributed by atoms with Crippen LogP contribution in [-0.4, -0.2) is 44.5 Å². The molecule has 0 unspecified atom stereocenters. The van der Waals surface area contributed by atoms with E-state index >= 15 is 0 Å². The number of aromatic nitrogens is 4. The van der Waals surface area contributed by atoms with Gasteiger partial charge in [-0.2, -0.15) is 5.10 Å². The normalized spacial score (nSPS) is 17.3. The van der Waals surface area contributed by atoms with Gasteiger partial charge < -0.3 is 20.1 Å². The van der Waals surface area contributed by atoms with Crippen molar-refractivity contribution in [2.75, 3.05) is 18.0 Å². The standard InChI is InChI=1S/C17H27N7O/c1-13(2)10-24-7-5-18-16(24)9-19-17(25)21-14-4-6-23(11-14)15-8-20-22(3)12-15/h5,7-8,12-14H,4,6,9-11H2,1-3H3,(H2,19,21,25)/t14-/m1/s1. The van der Waals surface area contributed by atoms with E-state index in [-0.39, 0.29) is 12.1 Å². The third-order valence-corrected chi connectivity index (χ3v) is 4.35. The molecule has 1 aliphatic rings. The first-order valence-corrected chi connectivity index (χ1v) is 8.79. The van der Waals surface area contributed by atoms with E-state index in [4.69, 9.17) is 0 Å². The Kier molecular flexibility index (Phi) is 5.25. The first kappa shape index (κ1) is 17.3. The summed E-state index contributed by atoms with van der Waals surface area (Å²) in [6, 6.07) is 0.00717. The van der Waals surface area contributed by atoms with Gasteiger partial charge in [-0.1, -0.05) is 13.8 Å². The van der Waals surface area contributed by atoms with Crippen molar-refractivity contribution in [1.82, 2.24) is 30.0 Å². The topological polar surface area (TPSA) is 80.0 Å². The van der Waals surface area contributed by atoms with Crippen molar-refractivity contribution in [2.24, 2.45) is 13.0 Å². The lowest BCUT2D eigenvalue weighted by Gasteiger charge is -2.17. The van der Waals surface area contributed by atoms with Crippen LogP contribution in [0.25, 0.3) is 0 Å². The van der Waals surface area contributed by atoms with E-state index in [0.717, 1.165) is 37.6 Å². The summed E-state index contributed by atoms with van der Waals surface area (Å²) in [6.45, 7) is 7.40. The van der Waals surface area contributed by atoms with Crippen molar-refractivity contribution in [3.8, 4) is 0 Å². The minimum atomic E-state index is -0.142. The molecule has 0 spiro atoms. The SMILES string of the molecule is CC(C)Cn1ccnc1CNC(=O)N[C@@H]1CCN(c2cnn(C)c2)C1. The third-order valence-electron chi connectivity index (χ3n) is 4.35. The van der Waals surface area contributed by atoms with Gasteiger partial charge in [-0.15, -0.1) is 0 Å². The molecule has 0 saturated carbocycles. The Hall–Kier alpha value is -2.51. The molecule has 1 fully saturated rings. The van der Waals surface area contributed by atoms with Crippen molar-refractivity contribution in [1.29, 1.82) is 0 Å². The maximum atomic E-state index is 12.2. The van der Waals surface area contributed by atoms with Crippen LogP contribution in [0.15, 0.2) is 24.8 Å². The van der Waals surface area contributed by atoms with Gasteiger partial charge in [0, 0.05) is 51.3 Å². The van der Waals surface area contributed by atoms with Gasteiger partial charge in [0.1, 0.15) is 5.82 Å². The summed E-state index contributed by atoms with van der Waals surface area (Å²) in [6.07, 6.45) is 8.52. The van der Waals surface area contributed by atoms with Crippen LogP contribution < -0.4 is 15.5 Å². The molecule has 8 heteroatoms. The van der Waals surface area contributed by atoms with Gasteiger partial charge in [-0.3, -0.25) is 4.68 Å². The van der Waals surface area contributed by atoms with Gasteiger partial charge in [0.15, 0.2) is 0 Å². The van der Waals surface area contributed by atoms with E-state index in [0.29, 0.717) is 12.5 Å². The van der Waals surface area contributed by atoms with Crippen LogP contribution in [0, 0.1) is 5.92 Å². The van der Waals surface area contributed by atoms with Gasteiger partial charge in [-0.25, -0.2) is 9.78 Å². The van der Waals surface area contributed by atoms with Crippen LogP contribution in [0.3, 0.4) is 0 Å². The Bertz CT molecular complexity index is 705. The van der Waals surface area contributed by atoms with Crippen molar-refractivity contribution >= 4 is 11.7 Å². The van der Waals surface area contributed by atoms with Crippen LogP contribution in [0.1, 0.15) is 26.1 Å². The third kappa shape index (κ3) is 4.52. The largest absolute Gasteiger partial charge is 0.367 e. The summed E-state index contributed by atoms with van der Waals surface area (Å²) >= 11 is 0. The zero-order chi connectivity index (χ0) is 17.8. The fraction of sp³-hybridized carbons (Fsp3) is 0.588. The number of carbonyl (C=O) groups is 1. The van der Waals surface area contributed by atoms with Crippen molar-refractivity contribution in [2.45, 2.75) is 39.4 Å². The average Bonchev–Trinajstić information content (AvgIpc) is 3.26. The molecule has 2 amide bonds. The molecule has 2 N–H and O–H groups in total. The summed E-state index contributed by atoms with van der Waals surface area (Å²) in [5, 5.41) is 10.2. The molecule has 1 aliphatic heterocycles. The number of aryl methyl sites for hydroxylation is 1. The van der Waals surface area contributed by atoms with E-state index in [1.54, 1.807) is 10.9 Å². The van der Waals surface area contributed by atoms with Crippen LogP contribution in [0.4, 0.5) is 10.5 Å². The number of hydrogen-bond donors (Lipinski definition) is 2. The predicted molar refractivity (Wildman–Crippen MR) is 96.3 cm³/mol. The maximum Gasteiger partial charge on any atom is 0.315 e. The average molecular weight is 345 g/mol. The number of imidazole rings is 1. The van der Waals surface area contributed by atoms with E-state index in [1.165, 1.54) is 0 Å². The molecular formula is C17H27N7O. The zero-order valence-corrected chi connectivity index (χ0v) is 15.1. The van der Waals surface area contributed by atoms with Crippen LogP contribution in [0.5, 0.6) is 0 Å². The van der Waals surface area contributed by atoms with Gasteiger partial charge in [0.25, 0.3) is 0 Å². The first-order valence-electron chi connectivity index (χ1n) is 8.79. The molecule has 3 rings (SSSR count). The highest BCUT2D eigenvalue weighted by Crippen LogP contribution is 2.19. The van der Waals surface area contributed by atoms with E-state index in [2.05, 4.69) is 44.0 Å². The van der Waals surface area contributed by atoms with Crippen molar-refractivity contribution < 1.29 is 4.79 Å². The Labute approximate surface area is 148 Å². The molecule has 0 aliphatic carbocycles. The molecule has 2 aromatic rings. The molecular weight excluding hydrogens is 318 g/mol. The molecule has 8 nitrogen and oxygen atoms in total.